The van der Waals surface area contributed by atoms with E-state index in [1.54, 1.807) is 12.1 Å². The number of carbonyl (C=O) groups is 2. The molecule has 0 unspecified atom stereocenters. The smallest absolute Gasteiger partial charge is 0.236 e. The molecule has 1 aromatic rings. The largest absolute Gasteiger partial charge is 0.368 e. The second kappa shape index (κ2) is 6.03. The third-order valence-corrected chi connectivity index (χ3v) is 2.34. The molecule has 0 fully saturated rings. The predicted molar refractivity (Wildman–Crippen MR) is 68.1 cm³/mol. The van der Waals surface area contributed by atoms with E-state index in [0.29, 0.717) is 18.0 Å². The topological polar surface area (TPSA) is 63.4 Å². The van der Waals surface area contributed by atoms with Crippen molar-refractivity contribution in [3.8, 4) is 0 Å². The van der Waals surface area contributed by atoms with Crippen LogP contribution in [0.5, 0.6) is 0 Å². The average Bonchev–Trinajstić information content (AvgIpc) is 2.27. The minimum absolute atomic E-state index is 0.128. The number of hydrogen-bond acceptors (Lipinski definition) is 3. The summed E-state index contributed by atoms with van der Waals surface area (Å²) in [6.45, 7) is 4.92. The maximum absolute atomic E-state index is 11.1. The van der Waals surface area contributed by atoms with Crippen molar-refractivity contribution in [2.45, 2.75) is 13.8 Å². The first kappa shape index (κ1) is 13.2. The Labute approximate surface area is 101 Å². The number of carbonyl (C=O) groups excluding carboxylic acids is 2. The molecule has 0 atom stereocenters. The van der Waals surface area contributed by atoms with E-state index in [1.807, 2.05) is 17.0 Å². The monoisotopic (exact) mass is 234 g/mol. The zero-order valence-corrected chi connectivity index (χ0v) is 10.2. The maximum Gasteiger partial charge on any atom is 0.236 e. The third-order valence-electron chi connectivity index (χ3n) is 2.34. The number of hydrogen-bond donors (Lipinski definition) is 1. The van der Waals surface area contributed by atoms with Crippen LogP contribution in [-0.4, -0.2) is 25.3 Å². The summed E-state index contributed by atoms with van der Waals surface area (Å²) < 4.78 is 0. The minimum Gasteiger partial charge on any atom is -0.368 e. The number of amides is 1. The van der Waals surface area contributed by atoms with Crippen LogP contribution in [0.25, 0.3) is 0 Å². The van der Waals surface area contributed by atoms with Crippen LogP contribution in [0.4, 0.5) is 5.69 Å². The number of primary amides is 1. The summed E-state index contributed by atoms with van der Waals surface area (Å²) in [5.74, 6) is -0.0135. The predicted octanol–water partition coefficient (Wildman–Crippen LogP) is 1.45. The second-order valence-corrected chi connectivity index (χ2v) is 4.42. The molecule has 0 heterocycles. The van der Waals surface area contributed by atoms with Crippen LogP contribution in [0.3, 0.4) is 0 Å². The molecule has 92 valence electrons. The number of anilines is 1. The van der Waals surface area contributed by atoms with E-state index in [0.717, 1.165) is 12.0 Å². The highest BCUT2D eigenvalue weighted by molar-refractivity contribution is 5.87. The van der Waals surface area contributed by atoms with Gasteiger partial charge >= 0.3 is 0 Å². The second-order valence-electron chi connectivity index (χ2n) is 4.42. The highest BCUT2D eigenvalue weighted by Gasteiger charge is 2.14. The van der Waals surface area contributed by atoms with Gasteiger partial charge in [0.05, 0.1) is 6.54 Å². The summed E-state index contributed by atoms with van der Waals surface area (Å²) in [5.41, 5.74) is 6.57. The summed E-state index contributed by atoms with van der Waals surface area (Å²) in [6.07, 6.45) is 0.795. The number of nitrogens with two attached hydrogens (primary N) is 1. The summed E-state index contributed by atoms with van der Waals surface area (Å²) in [4.78, 5) is 23.9. The van der Waals surface area contributed by atoms with Crippen molar-refractivity contribution >= 4 is 17.9 Å². The molecule has 1 amide bonds. The first-order valence-corrected chi connectivity index (χ1v) is 5.62. The lowest BCUT2D eigenvalue weighted by Crippen LogP contribution is -2.36. The van der Waals surface area contributed by atoms with Gasteiger partial charge in [-0.1, -0.05) is 26.0 Å². The molecule has 0 radical (unpaired) electrons. The van der Waals surface area contributed by atoms with E-state index in [-0.39, 0.29) is 6.54 Å². The van der Waals surface area contributed by atoms with Crippen molar-refractivity contribution in [1.82, 2.24) is 0 Å². The normalized spacial score (nSPS) is 10.3. The van der Waals surface area contributed by atoms with Crippen LogP contribution >= 0.6 is 0 Å². The van der Waals surface area contributed by atoms with Crippen LogP contribution in [0.1, 0.15) is 24.2 Å². The van der Waals surface area contributed by atoms with Crippen LogP contribution < -0.4 is 10.6 Å². The Morgan fingerprint density at radius 2 is 2.06 bits per heavy atom. The number of nitrogens with zero attached hydrogens (tertiary/aromatic N) is 1. The fraction of sp³-hybridized carbons (Fsp3) is 0.385. The summed E-state index contributed by atoms with van der Waals surface area (Å²) in [6, 6.07) is 7.20. The number of rotatable bonds is 6. The third kappa shape index (κ3) is 3.90. The van der Waals surface area contributed by atoms with E-state index in [1.165, 1.54) is 0 Å². The first-order valence-electron chi connectivity index (χ1n) is 5.62. The van der Waals surface area contributed by atoms with Gasteiger partial charge in [-0.15, -0.1) is 0 Å². The van der Waals surface area contributed by atoms with Gasteiger partial charge in [0.15, 0.2) is 6.29 Å². The fourth-order valence-electron chi connectivity index (χ4n) is 1.75. The number of aldehydes is 1. The van der Waals surface area contributed by atoms with Gasteiger partial charge in [-0.25, -0.2) is 0 Å². The first-order chi connectivity index (χ1) is 8.04. The molecule has 0 aliphatic rings. The summed E-state index contributed by atoms with van der Waals surface area (Å²) >= 11 is 0. The van der Waals surface area contributed by atoms with E-state index >= 15 is 0 Å². The fourth-order valence-corrected chi connectivity index (χ4v) is 1.75. The molecule has 1 aromatic carbocycles. The molecule has 0 aliphatic carbocycles. The van der Waals surface area contributed by atoms with Crippen molar-refractivity contribution in [2.75, 3.05) is 18.0 Å². The highest BCUT2D eigenvalue weighted by Crippen LogP contribution is 2.19. The molecular weight excluding hydrogens is 216 g/mol. The highest BCUT2D eigenvalue weighted by atomic mass is 16.1. The zero-order valence-electron chi connectivity index (χ0n) is 10.2. The Bertz CT molecular complexity index is 402. The van der Waals surface area contributed by atoms with Gasteiger partial charge < -0.3 is 10.6 Å². The molecule has 0 spiro atoms. The lowest BCUT2D eigenvalue weighted by Gasteiger charge is -2.26. The van der Waals surface area contributed by atoms with E-state index in [2.05, 4.69) is 13.8 Å². The Kier molecular flexibility index (Phi) is 4.69. The van der Waals surface area contributed by atoms with Crippen LogP contribution in [0.2, 0.25) is 0 Å². The van der Waals surface area contributed by atoms with Crippen LogP contribution in [0, 0.1) is 5.92 Å². The molecule has 0 aliphatic heterocycles. The Hall–Kier alpha value is -1.84. The zero-order chi connectivity index (χ0) is 12.8. The van der Waals surface area contributed by atoms with Gasteiger partial charge in [0, 0.05) is 17.8 Å². The van der Waals surface area contributed by atoms with Crippen molar-refractivity contribution in [2.24, 2.45) is 11.7 Å². The molecule has 0 saturated carbocycles. The Morgan fingerprint density at radius 3 is 2.59 bits per heavy atom. The van der Waals surface area contributed by atoms with E-state index in [4.69, 9.17) is 5.73 Å². The number of benzene rings is 1. The molecule has 0 bridgehead atoms. The molecule has 17 heavy (non-hydrogen) atoms. The lowest BCUT2D eigenvalue weighted by molar-refractivity contribution is -0.116. The molecule has 4 heteroatoms. The molecule has 2 N–H and O–H groups in total. The number of para-hydroxylation sites is 1. The Morgan fingerprint density at radius 1 is 1.41 bits per heavy atom. The quantitative estimate of drug-likeness (QED) is 0.758. The van der Waals surface area contributed by atoms with E-state index < -0.39 is 5.91 Å². The average molecular weight is 234 g/mol. The van der Waals surface area contributed by atoms with Gasteiger partial charge in [-0.3, -0.25) is 9.59 Å². The summed E-state index contributed by atoms with van der Waals surface area (Å²) in [5, 5.41) is 0. The van der Waals surface area contributed by atoms with Gasteiger partial charge in [-0.2, -0.15) is 0 Å². The lowest BCUT2D eigenvalue weighted by atomic mass is 10.1. The minimum atomic E-state index is -0.397. The standard InChI is InChI=1S/C13H18N2O2/c1-10(2)7-15(8-13(14)17)12-6-4-3-5-11(12)9-16/h3-6,9-10H,7-8H2,1-2H3,(H2,14,17). The van der Waals surface area contributed by atoms with Crippen molar-refractivity contribution in [1.29, 1.82) is 0 Å². The van der Waals surface area contributed by atoms with Gasteiger partial charge in [0.2, 0.25) is 5.91 Å². The summed E-state index contributed by atoms with van der Waals surface area (Å²) in [7, 11) is 0. The van der Waals surface area contributed by atoms with Crippen molar-refractivity contribution in [3.63, 3.8) is 0 Å². The van der Waals surface area contributed by atoms with E-state index in [9.17, 15) is 9.59 Å². The van der Waals surface area contributed by atoms with Gasteiger partial charge in [0.1, 0.15) is 0 Å². The molecule has 0 saturated heterocycles. The van der Waals surface area contributed by atoms with Gasteiger partial charge in [0.25, 0.3) is 0 Å². The van der Waals surface area contributed by atoms with Crippen molar-refractivity contribution < 1.29 is 9.59 Å². The van der Waals surface area contributed by atoms with Gasteiger partial charge in [-0.05, 0) is 18.1 Å². The molecule has 4 nitrogen and oxygen atoms in total. The maximum atomic E-state index is 11.1. The SMILES string of the molecule is CC(C)CN(CC(N)=O)c1ccccc1C=O. The van der Waals surface area contributed by atoms with Crippen LogP contribution in [0.15, 0.2) is 24.3 Å². The molecule has 1 rings (SSSR count). The Balaban J connectivity index is 3.02. The van der Waals surface area contributed by atoms with Crippen LogP contribution in [-0.2, 0) is 4.79 Å². The van der Waals surface area contributed by atoms with Crippen molar-refractivity contribution in [3.05, 3.63) is 29.8 Å². The molecule has 0 aromatic heterocycles. The molecular formula is C13H18N2O2.